The minimum Gasteiger partial charge on any atom is -0.452 e. The van der Waals surface area contributed by atoms with E-state index >= 15 is 0 Å². The van der Waals surface area contributed by atoms with E-state index in [0.717, 1.165) is 5.69 Å². The van der Waals surface area contributed by atoms with Crippen molar-refractivity contribution in [2.45, 2.75) is 24.9 Å². The van der Waals surface area contributed by atoms with Crippen LogP contribution in [0.1, 0.15) is 17.1 Å². The van der Waals surface area contributed by atoms with Crippen LogP contribution in [0.5, 0.6) is 0 Å². The standard InChI is InChI=1S/C13H16BrN3O3S/c1-9-4-3-5-10(16-9)8-17(2)21(18,19)12-6-11(7-15)20-13(12)14/h3-6H,7-8,15H2,1-2H3. The van der Waals surface area contributed by atoms with Crippen LogP contribution in [0, 0.1) is 6.92 Å². The Bertz CT molecular complexity index is 743. The van der Waals surface area contributed by atoms with Crippen LogP contribution < -0.4 is 5.73 Å². The molecular formula is C13H16BrN3O3S. The molecule has 2 rings (SSSR count). The van der Waals surface area contributed by atoms with Crippen LogP contribution in [0.4, 0.5) is 0 Å². The first-order valence-electron chi connectivity index (χ1n) is 6.21. The number of hydrogen-bond acceptors (Lipinski definition) is 5. The molecule has 0 aliphatic rings. The molecule has 114 valence electrons. The first-order chi connectivity index (χ1) is 9.84. The Morgan fingerprint density at radius 1 is 1.43 bits per heavy atom. The lowest BCUT2D eigenvalue weighted by Crippen LogP contribution is -2.27. The van der Waals surface area contributed by atoms with Crippen LogP contribution in [0.2, 0.25) is 0 Å². The molecule has 0 atom stereocenters. The zero-order valence-corrected chi connectivity index (χ0v) is 14.1. The van der Waals surface area contributed by atoms with E-state index in [4.69, 9.17) is 10.2 Å². The van der Waals surface area contributed by atoms with Crippen molar-refractivity contribution in [2.24, 2.45) is 5.73 Å². The first-order valence-corrected chi connectivity index (χ1v) is 8.45. The molecule has 6 nitrogen and oxygen atoms in total. The van der Waals surface area contributed by atoms with Gasteiger partial charge in [-0.05, 0) is 35.0 Å². The molecule has 2 aromatic heterocycles. The van der Waals surface area contributed by atoms with Gasteiger partial charge in [0.25, 0.3) is 0 Å². The zero-order valence-electron chi connectivity index (χ0n) is 11.7. The lowest BCUT2D eigenvalue weighted by molar-refractivity contribution is 0.454. The number of aryl methyl sites for hydroxylation is 1. The maximum absolute atomic E-state index is 12.5. The number of hydrogen-bond donors (Lipinski definition) is 1. The molecule has 2 N–H and O–H groups in total. The van der Waals surface area contributed by atoms with Crippen molar-refractivity contribution in [1.29, 1.82) is 0 Å². The molecule has 21 heavy (non-hydrogen) atoms. The van der Waals surface area contributed by atoms with Crippen LogP contribution >= 0.6 is 15.9 Å². The van der Waals surface area contributed by atoms with E-state index in [1.54, 1.807) is 6.07 Å². The molecule has 0 aromatic carbocycles. The summed E-state index contributed by atoms with van der Waals surface area (Å²) >= 11 is 3.12. The number of pyridine rings is 1. The summed E-state index contributed by atoms with van der Waals surface area (Å²) in [5, 5.41) is 0. The van der Waals surface area contributed by atoms with Gasteiger partial charge in [-0.2, -0.15) is 4.31 Å². The topological polar surface area (TPSA) is 89.4 Å². The van der Waals surface area contributed by atoms with Crippen LogP contribution in [-0.2, 0) is 23.1 Å². The van der Waals surface area contributed by atoms with E-state index in [2.05, 4.69) is 20.9 Å². The number of sulfonamides is 1. The van der Waals surface area contributed by atoms with E-state index in [-0.39, 0.29) is 22.7 Å². The van der Waals surface area contributed by atoms with Crippen molar-refractivity contribution in [2.75, 3.05) is 7.05 Å². The summed E-state index contributed by atoms with van der Waals surface area (Å²) in [4.78, 5) is 4.37. The Kier molecular flexibility index (Phi) is 4.82. The molecule has 0 spiro atoms. The molecule has 0 saturated carbocycles. The third-order valence-corrected chi connectivity index (χ3v) is 5.59. The summed E-state index contributed by atoms with van der Waals surface area (Å²) in [7, 11) is -2.17. The van der Waals surface area contributed by atoms with Crippen LogP contribution in [-0.4, -0.2) is 24.8 Å². The highest BCUT2D eigenvalue weighted by Gasteiger charge is 2.27. The summed E-state index contributed by atoms with van der Waals surface area (Å²) in [5.41, 5.74) is 6.98. The van der Waals surface area contributed by atoms with Crippen molar-refractivity contribution in [1.82, 2.24) is 9.29 Å². The fourth-order valence-corrected chi connectivity index (χ4v) is 3.94. The predicted molar refractivity (Wildman–Crippen MR) is 81.9 cm³/mol. The van der Waals surface area contributed by atoms with Gasteiger partial charge in [0.2, 0.25) is 10.0 Å². The van der Waals surface area contributed by atoms with Gasteiger partial charge < -0.3 is 10.2 Å². The largest absolute Gasteiger partial charge is 0.452 e. The molecule has 0 amide bonds. The van der Waals surface area contributed by atoms with Gasteiger partial charge in [-0.1, -0.05) is 6.07 Å². The lowest BCUT2D eigenvalue weighted by atomic mass is 10.3. The second kappa shape index (κ2) is 6.27. The zero-order chi connectivity index (χ0) is 15.6. The Balaban J connectivity index is 2.28. The minimum absolute atomic E-state index is 0.0677. The van der Waals surface area contributed by atoms with Crippen molar-refractivity contribution in [3.63, 3.8) is 0 Å². The monoisotopic (exact) mass is 373 g/mol. The fraction of sp³-hybridized carbons (Fsp3) is 0.308. The van der Waals surface area contributed by atoms with Gasteiger partial charge in [0.1, 0.15) is 10.7 Å². The van der Waals surface area contributed by atoms with Crippen molar-refractivity contribution in [3.8, 4) is 0 Å². The molecule has 0 fully saturated rings. The molecule has 0 bridgehead atoms. The van der Waals surface area contributed by atoms with Gasteiger partial charge in [0.05, 0.1) is 18.8 Å². The smallest absolute Gasteiger partial charge is 0.247 e. The van der Waals surface area contributed by atoms with Crippen molar-refractivity contribution in [3.05, 3.63) is 46.1 Å². The Labute approximate surface area is 132 Å². The van der Waals surface area contributed by atoms with Gasteiger partial charge in [-0.25, -0.2) is 8.42 Å². The van der Waals surface area contributed by atoms with Crippen LogP contribution in [0.15, 0.2) is 38.2 Å². The highest BCUT2D eigenvalue weighted by Crippen LogP contribution is 2.28. The third kappa shape index (κ3) is 3.52. The number of furan rings is 1. The maximum atomic E-state index is 12.5. The van der Waals surface area contributed by atoms with Crippen LogP contribution in [0.25, 0.3) is 0 Å². The summed E-state index contributed by atoms with van der Waals surface area (Å²) in [6.07, 6.45) is 0. The quantitative estimate of drug-likeness (QED) is 0.865. The van der Waals surface area contributed by atoms with E-state index in [1.807, 2.05) is 19.1 Å². The molecule has 2 aromatic rings. The molecule has 0 aliphatic carbocycles. The van der Waals surface area contributed by atoms with Crippen molar-refractivity contribution < 1.29 is 12.8 Å². The second-order valence-corrected chi connectivity index (χ2v) is 7.32. The number of nitrogens with two attached hydrogens (primary N) is 1. The Morgan fingerprint density at radius 2 is 2.14 bits per heavy atom. The van der Waals surface area contributed by atoms with Gasteiger partial charge >= 0.3 is 0 Å². The van der Waals surface area contributed by atoms with Crippen molar-refractivity contribution >= 4 is 26.0 Å². The summed E-state index contributed by atoms with van der Waals surface area (Å²) in [6, 6.07) is 6.92. The van der Waals surface area contributed by atoms with Gasteiger partial charge in [-0.15, -0.1) is 0 Å². The number of aromatic nitrogens is 1. The predicted octanol–water partition coefficient (Wildman–Crippen LogP) is 2.02. The molecule has 0 radical (unpaired) electrons. The minimum atomic E-state index is -3.67. The highest BCUT2D eigenvalue weighted by molar-refractivity contribution is 9.10. The number of halogens is 1. The summed E-state index contributed by atoms with van der Waals surface area (Å²) in [6.45, 7) is 2.18. The third-order valence-electron chi connectivity index (χ3n) is 2.93. The maximum Gasteiger partial charge on any atom is 0.247 e. The molecule has 0 aliphatic heterocycles. The SMILES string of the molecule is Cc1cccc(CN(C)S(=O)(=O)c2cc(CN)oc2Br)n1. The highest BCUT2D eigenvalue weighted by atomic mass is 79.9. The molecular weight excluding hydrogens is 358 g/mol. The van der Waals surface area contributed by atoms with E-state index in [0.29, 0.717) is 11.5 Å². The average molecular weight is 374 g/mol. The van der Waals surface area contributed by atoms with Gasteiger partial charge in [0.15, 0.2) is 4.67 Å². The molecule has 0 saturated heterocycles. The van der Waals surface area contributed by atoms with E-state index < -0.39 is 10.0 Å². The van der Waals surface area contributed by atoms with Crippen LogP contribution in [0.3, 0.4) is 0 Å². The molecule has 8 heteroatoms. The lowest BCUT2D eigenvalue weighted by Gasteiger charge is -2.16. The van der Waals surface area contributed by atoms with Gasteiger partial charge in [-0.3, -0.25) is 4.98 Å². The summed E-state index contributed by atoms with van der Waals surface area (Å²) in [5.74, 6) is 0.405. The Morgan fingerprint density at radius 3 is 2.71 bits per heavy atom. The second-order valence-electron chi connectivity index (χ2n) is 4.59. The normalized spacial score (nSPS) is 12.0. The number of rotatable bonds is 5. The fourth-order valence-electron chi connectivity index (χ4n) is 1.84. The average Bonchev–Trinajstić information content (AvgIpc) is 2.80. The van der Waals surface area contributed by atoms with E-state index in [9.17, 15) is 8.42 Å². The Hall–Kier alpha value is -1.22. The molecule has 0 unspecified atom stereocenters. The number of nitrogens with zero attached hydrogens (tertiary/aromatic N) is 2. The molecule has 2 heterocycles. The first kappa shape index (κ1) is 16.2. The summed E-state index contributed by atoms with van der Waals surface area (Å²) < 4.78 is 31.7. The van der Waals surface area contributed by atoms with Gasteiger partial charge in [0, 0.05) is 18.8 Å². The van der Waals surface area contributed by atoms with E-state index in [1.165, 1.54) is 17.4 Å².